The van der Waals surface area contributed by atoms with Crippen molar-refractivity contribution in [3.63, 3.8) is 0 Å². The number of carbonyl (C=O) groups is 2. The SMILES string of the molecule is O=C1NC2(CCCN(C(=O)c3ccc(F)cc3)C2)Oc2ccccc21. The maximum atomic E-state index is 13.1. The summed E-state index contributed by atoms with van der Waals surface area (Å²) in [5.41, 5.74) is -0.00423. The number of nitrogens with one attached hydrogen (secondary N) is 1. The highest BCUT2D eigenvalue weighted by molar-refractivity contribution is 5.98. The van der Waals surface area contributed by atoms with E-state index >= 15 is 0 Å². The molecule has 0 aromatic heterocycles. The van der Waals surface area contributed by atoms with Crippen molar-refractivity contribution in [1.82, 2.24) is 10.2 Å². The molecule has 4 rings (SSSR count). The van der Waals surface area contributed by atoms with E-state index in [9.17, 15) is 14.0 Å². The molecule has 1 saturated heterocycles. The van der Waals surface area contributed by atoms with E-state index in [1.54, 1.807) is 23.1 Å². The van der Waals surface area contributed by atoms with Crippen molar-refractivity contribution in [2.24, 2.45) is 0 Å². The first-order valence-corrected chi connectivity index (χ1v) is 8.22. The molecule has 0 saturated carbocycles. The number of carbonyl (C=O) groups excluding carboxylic acids is 2. The molecule has 1 spiro atoms. The van der Waals surface area contributed by atoms with Crippen molar-refractivity contribution in [3.8, 4) is 5.75 Å². The topological polar surface area (TPSA) is 58.6 Å². The van der Waals surface area contributed by atoms with Crippen LogP contribution in [0.2, 0.25) is 0 Å². The number of benzene rings is 2. The summed E-state index contributed by atoms with van der Waals surface area (Å²) in [6.45, 7) is 0.822. The van der Waals surface area contributed by atoms with E-state index in [1.165, 1.54) is 24.3 Å². The van der Waals surface area contributed by atoms with Gasteiger partial charge in [0.1, 0.15) is 11.6 Å². The lowest BCUT2D eigenvalue weighted by Crippen LogP contribution is -2.64. The Kier molecular flexibility index (Phi) is 3.67. The Morgan fingerprint density at radius 3 is 2.72 bits per heavy atom. The van der Waals surface area contributed by atoms with Crippen molar-refractivity contribution >= 4 is 11.8 Å². The average Bonchev–Trinajstić information content (AvgIpc) is 2.62. The van der Waals surface area contributed by atoms with E-state index < -0.39 is 5.72 Å². The number of piperidine rings is 1. The van der Waals surface area contributed by atoms with Crippen molar-refractivity contribution in [2.45, 2.75) is 18.6 Å². The summed E-state index contributed by atoms with van der Waals surface area (Å²) in [5, 5.41) is 2.92. The van der Waals surface area contributed by atoms with E-state index in [4.69, 9.17) is 4.74 Å². The second kappa shape index (κ2) is 5.88. The van der Waals surface area contributed by atoms with E-state index in [2.05, 4.69) is 5.32 Å². The molecule has 2 aliphatic heterocycles. The summed E-state index contributed by atoms with van der Waals surface area (Å²) in [5.74, 6) is -0.248. The Morgan fingerprint density at radius 2 is 1.92 bits per heavy atom. The molecule has 2 heterocycles. The van der Waals surface area contributed by atoms with Crippen LogP contribution < -0.4 is 10.1 Å². The summed E-state index contributed by atoms with van der Waals surface area (Å²) in [7, 11) is 0. The van der Waals surface area contributed by atoms with Crippen LogP contribution >= 0.6 is 0 Å². The van der Waals surface area contributed by atoms with Gasteiger partial charge in [-0.15, -0.1) is 0 Å². The van der Waals surface area contributed by atoms with Gasteiger partial charge in [0, 0.05) is 18.5 Å². The lowest BCUT2D eigenvalue weighted by Gasteiger charge is -2.45. The minimum absolute atomic E-state index is 0.196. The molecule has 128 valence electrons. The number of nitrogens with zero attached hydrogens (tertiary/aromatic N) is 1. The van der Waals surface area contributed by atoms with E-state index in [1.807, 2.05) is 6.07 Å². The third-order valence-corrected chi connectivity index (χ3v) is 4.61. The highest BCUT2D eigenvalue weighted by atomic mass is 19.1. The molecule has 1 unspecified atom stereocenters. The van der Waals surface area contributed by atoms with Crippen LogP contribution in [-0.2, 0) is 0 Å². The fourth-order valence-electron chi connectivity index (χ4n) is 3.41. The zero-order valence-electron chi connectivity index (χ0n) is 13.5. The number of hydrogen-bond acceptors (Lipinski definition) is 3. The molecular formula is C19H17FN2O3. The van der Waals surface area contributed by atoms with Gasteiger partial charge in [-0.3, -0.25) is 9.59 Å². The van der Waals surface area contributed by atoms with Crippen LogP contribution in [0, 0.1) is 5.82 Å². The smallest absolute Gasteiger partial charge is 0.258 e. The lowest BCUT2D eigenvalue weighted by molar-refractivity contribution is -0.0314. The minimum atomic E-state index is -0.917. The first-order chi connectivity index (χ1) is 12.1. The van der Waals surface area contributed by atoms with Crippen LogP contribution in [0.15, 0.2) is 48.5 Å². The van der Waals surface area contributed by atoms with Crippen molar-refractivity contribution < 1.29 is 18.7 Å². The quantitative estimate of drug-likeness (QED) is 0.868. The summed E-state index contributed by atoms with van der Waals surface area (Å²) in [6.07, 6.45) is 1.33. The Bertz CT molecular complexity index is 837. The highest BCUT2D eigenvalue weighted by Gasteiger charge is 2.44. The van der Waals surface area contributed by atoms with Gasteiger partial charge in [-0.2, -0.15) is 0 Å². The molecule has 6 heteroatoms. The second-order valence-corrected chi connectivity index (χ2v) is 6.38. The third-order valence-electron chi connectivity index (χ3n) is 4.61. The summed E-state index contributed by atoms with van der Waals surface area (Å²) in [6, 6.07) is 12.5. The Hall–Kier alpha value is -2.89. The number of hydrogen-bond donors (Lipinski definition) is 1. The van der Waals surface area contributed by atoms with Crippen LogP contribution in [0.3, 0.4) is 0 Å². The minimum Gasteiger partial charge on any atom is -0.465 e. The predicted molar refractivity (Wildman–Crippen MR) is 88.8 cm³/mol. The van der Waals surface area contributed by atoms with Gasteiger partial charge in [0.05, 0.1) is 12.1 Å². The number of fused-ring (bicyclic) bond motifs is 1. The van der Waals surface area contributed by atoms with Gasteiger partial charge in [-0.25, -0.2) is 4.39 Å². The molecule has 0 aliphatic carbocycles. The fourth-order valence-corrected chi connectivity index (χ4v) is 3.41. The maximum Gasteiger partial charge on any atom is 0.258 e. The van der Waals surface area contributed by atoms with Gasteiger partial charge in [-0.05, 0) is 42.8 Å². The highest BCUT2D eigenvalue weighted by Crippen LogP contribution is 2.32. The molecule has 2 aliphatic rings. The number of ether oxygens (including phenoxy) is 1. The molecule has 25 heavy (non-hydrogen) atoms. The van der Waals surface area contributed by atoms with Crippen LogP contribution in [0.5, 0.6) is 5.75 Å². The lowest BCUT2D eigenvalue weighted by atomic mass is 9.97. The number of rotatable bonds is 1. The van der Waals surface area contributed by atoms with E-state index in [-0.39, 0.29) is 24.2 Å². The van der Waals surface area contributed by atoms with E-state index in [0.29, 0.717) is 36.3 Å². The Balaban J connectivity index is 1.58. The van der Waals surface area contributed by atoms with Crippen molar-refractivity contribution in [3.05, 3.63) is 65.5 Å². The predicted octanol–water partition coefficient (Wildman–Crippen LogP) is 2.58. The summed E-state index contributed by atoms with van der Waals surface area (Å²) < 4.78 is 19.1. The summed E-state index contributed by atoms with van der Waals surface area (Å²) in [4.78, 5) is 26.7. The Labute approximate surface area is 144 Å². The van der Waals surface area contributed by atoms with Gasteiger partial charge in [0.15, 0.2) is 0 Å². The largest absolute Gasteiger partial charge is 0.465 e. The standard InChI is InChI=1S/C19H17FN2O3/c20-14-8-6-13(7-9-14)18(24)22-11-3-10-19(12-22)21-17(23)15-4-1-2-5-16(15)25-19/h1-2,4-9H,3,10-12H2,(H,21,23). The second-order valence-electron chi connectivity index (χ2n) is 6.38. The zero-order chi connectivity index (χ0) is 17.4. The summed E-state index contributed by atoms with van der Waals surface area (Å²) >= 11 is 0. The van der Waals surface area contributed by atoms with Crippen LogP contribution in [0.25, 0.3) is 0 Å². The van der Waals surface area contributed by atoms with Gasteiger partial charge in [0.25, 0.3) is 11.8 Å². The third kappa shape index (κ3) is 2.84. The molecule has 2 aromatic rings. The van der Waals surface area contributed by atoms with Crippen LogP contribution in [0.1, 0.15) is 33.6 Å². The van der Waals surface area contributed by atoms with E-state index in [0.717, 1.165) is 0 Å². The van der Waals surface area contributed by atoms with Gasteiger partial charge in [-0.1, -0.05) is 12.1 Å². The maximum absolute atomic E-state index is 13.1. The molecule has 0 radical (unpaired) electrons. The molecule has 1 atom stereocenters. The molecule has 2 amide bonds. The van der Waals surface area contributed by atoms with Crippen LogP contribution in [-0.4, -0.2) is 35.5 Å². The van der Waals surface area contributed by atoms with Gasteiger partial charge in [0.2, 0.25) is 5.72 Å². The van der Waals surface area contributed by atoms with Crippen molar-refractivity contribution in [2.75, 3.05) is 13.1 Å². The molecule has 1 fully saturated rings. The van der Waals surface area contributed by atoms with Gasteiger partial charge >= 0.3 is 0 Å². The molecular weight excluding hydrogens is 323 g/mol. The molecule has 0 bridgehead atoms. The average molecular weight is 340 g/mol. The number of halogens is 1. The monoisotopic (exact) mass is 340 g/mol. The normalized spacial score (nSPS) is 22.1. The molecule has 2 aromatic carbocycles. The zero-order valence-corrected chi connectivity index (χ0v) is 13.5. The Morgan fingerprint density at radius 1 is 1.16 bits per heavy atom. The molecule has 1 N–H and O–H groups in total. The molecule has 5 nitrogen and oxygen atoms in total. The first kappa shape index (κ1) is 15.6. The van der Waals surface area contributed by atoms with Crippen LogP contribution in [0.4, 0.5) is 4.39 Å². The number of amides is 2. The number of likely N-dealkylation sites (tertiary alicyclic amines) is 1. The fraction of sp³-hybridized carbons (Fsp3) is 0.263. The van der Waals surface area contributed by atoms with Crippen molar-refractivity contribution in [1.29, 1.82) is 0 Å². The number of para-hydroxylation sites is 1. The first-order valence-electron chi connectivity index (χ1n) is 8.22. The van der Waals surface area contributed by atoms with Gasteiger partial charge < -0.3 is 15.0 Å².